The van der Waals surface area contributed by atoms with Crippen molar-refractivity contribution >= 4 is 33.2 Å². The van der Waals surface area contributed by atoms with Crippen molar-refractivity contribution in [2.24, 2.45) is 5.73 Å². The Balaban J connectivity index is 2.58. The van der Waals surface area contributed by atoms with Gasteiger partial charge >= 0.3 is 0 Å². The van der Waals surface area contributed by atoms with Crippen LogP contribution in [0.25, 0.3) is 0 Å². The number of carbonyl (C=O) groups excluding carboxylic acids is 1. The average Bonchev–Trinajstić information content (AvgIpc) is 2.51. The van der Waals surface area contributed by atoms with E-state index in [9.17, 15) is 4.79 Å². The Morgan fingerprint density at radius 2 is 2.46 bits per heavy atom. The van der Waals surface area contributed by atoms with Crippen LogP contribution in [-0.2, 0) is 4.79 Å². The second-order valence-corrected chi connectivity index (χ2v) is 5.13. The molecule has 0 aliphatic carbocycles. The molecule has 0 spiro atoms. The van der Waals surface area contributed by atoms with Gasteiger partial charge in [-0.3, -0.25) is 4.79 Å². The lowest BCUT2D eigenvalue weighted by Gasteiger charge is -2.10. The highest BCUT2D eigenvalue weighted by Crippen LogP contribution is 2.26. The molecule has 0 aliphatic rings. The smallest absolute Gasteiger partial charge is 0.234 e. The van der Waals surface area contributed by atoms with Gasteiger partial charge in [-0.1, -0.05) is 0 Å². The molecule has 1 amide bonds. The van der Waals surface area contributed by atoms with Gasteiger partial charge in [0, 0.05) is 4.88 Å². The van der Waals surface area contributed by atoms with Crippen LogP contribution in [-0.4, -0.2) is 12.5 Å². The quantitative estimate of drug-likeness (QED) is 0.871. The van der Waals surface area contributed by atoms with Crippen LogP contribution in [0.2, 0.25) is 0 Å². The topological polar surface area (TPSA) is 55.1 Å². The van der Waals surface area contributed by atoms with E-state index in [2.05, 4.69) is 21.2 Å². The van der Waals surface area contributed by atoms with E-state index in [-0.39, 0.29) is 18.5 Å². The third kappa shape index (κ3) is 3.10. The Bertz CT molecular complexity index is 300. The fourth-order valence-corrected chi connectivity index (χ4v) is 2.36. The molecule has 0 saturated carbocycles. The summed E-state index contributed by atoms with van der Waals surface area (Å²) in [5, 5.41) is 2.78. The van der Waals surface area contributed by atoms with Crippen LogP contribution in [0.15, 0.2) is 15.9 Å². The van der Waals surface area contributed by atoms with E-state index in [1.807, 2.05) is 19.1 Å². The zero-order valence-corrected chi connectivity index (χ0v) is 9.61. The number of rotatable bonds is 3. The first-order valence-corrected chi connectivity index (χ1v) is 5.49. The minimum atomic E-state index is -0.128. The van der Waals surface area contributed by atoms with Gasteiger partial charge in [0.25, 0.3) is 0 Å². The molecule has 0 aromatic carbocycles. The number of hydrogen-bond donors (Lipinski definition) is 2. The summed E-state index contributed by atoms with van der Waals surface area (Å²) in [6.45, 7) is 1.97. The summed E-state index contributed by atoms with van der Waals surface area (Å²) in [5.74, 6) is -0.128. The first-order chi connectivity index (χ1) is 6.13. The largest absolute Gasteiger partial charge is 0.348 e. The van der Waals surface area contributed by atoms with Crippen molar-refractivity contribution < 1.29 is 4.79 Å². The maximum atomic E-state index is 11.0. The standard InChI is InChI=1S/C8H11BrN2OS/c1-5(11-8(12)4-10)6-2-3-7(9)13-6/h2-3,5H,4,10H2,1H3,(H,11,12). The monoisotopic (exact) mass is 262 g/mol. The minimum absolute atomic E-state index is 0.0346. The fourth-order valence-electron chi connectivity index (χ4n) is 0.933. The molecule has 5 heteroatoms. The second-order valence-electron chi connectivity index (χ2n) is 2.64. The molecule has 1 aromatic rings. The molecular formula is C8H11BrN2OS. The van der Waals surface area contributed by atoms with Gasteiger partial charge in [-0.15, -0.1) is 11.3 Å². The zero-order chi connectivity index (χ0) is 9.84. The van der Waals surface area contributed by atoms with Crippen LogP contribution in [0.1, 0.15) is 17.8 Å². The van der Waals surface area contributed by atoms with Crippen LogP contribution >= 0.6 is 27.3 Å². The van der Waals surface area contributed by atoms with Crippen molar-refractivity contribution in [2.45, 2.75) is 13.0 Å². The van der Waals surface area contributed by atoms with Crippen LogP contribution < -0.4 is 11.1 Å². The van der Waals surface area contributed by atoms with Gasteiger partial charge in [0.1, 0.15) is 0 Å². The van der Waals surface area contributed by atoms with E-state index >= 15 is 0 Å². The van der Waals surface area contributed by atoms with Crippen LogP contribution in [0.4, 0.5) is 0 Å². The summed E-state index contributed by atoms with van der Waals surface area (Å²) in [6.07, 6.45) is 0. The Morgan fingerprint density at radius 3 is 2.92 bits per heavy atom. The van der Waals surface area contributed by atoms with E-state index in [1.54, 1.807) is 11.3 Å². The molecule has 72 valence electrons. The highest BCUT2D eigenvalue weighted by Gasteiger charge is 2.09. The van der Waals surface area contributed by atoms with Crippen molar-refractivity contribution in [3.05, 3.63) is 20.8 Å². The number of carbonyl (C=O) groups is 1. The third-order valence-corrected chi connectivity index (χ3v) is 3.39. The Labute approximate surface area is 89.5 Å². The van der Waals surface area contributed by atoms with Crippen LogP contribution in [0.5, 0.6) is 0 Å². The van der Waals surface area contributed by atoms with Crippen LogP contribution in [0.3, 0.4) is 0 Å². The maximum Gasteiger partial charge on any atom is 0.234 e. The van der Waals surface area contributed by atoms with Gasteiger partial charge in [0.2, 0.25) is 5.91 Å². The molecule has 13 heavy (non-hydrogen) atoms. The van der Waals surface area contributed by atoms with Crippen LogP contribution in [0, 0.1) is 0 Å². The molecule has 0 saturated heterocycles. The molecule has 3 N–H and O–H groups in total. The molecule has 1 aromatic heterocycles. The minimum Gasteiger partial charge on any atom is -0.348 e. The molecule has 3 nitrogen and oxygen atoms in total. The summed E-state index contributed by atoms with van der Waals surface area (Å²) >= 11 is 4.97. The normalized spacial score (nSPS) is 12.5. The number of nitrogens with one attached hydrogen (secondary N) is 1. The molecule has 1 atom stereocenters. The van der Waals surface area contributed by atoms with Gasteiger partial charge in [0.15, 0.2) is 0 Å². The summed E-state index contributed by atoms with van der Waals surface area (Å²) in [5.41, 5.74) is 5.19. The SMILES string of the molecule is CC(NC(=O)CN)c1ccc(Br)s1. The van der Waals surface area contributed by atoms with Crippen molar-refractivity contribution in [2.75, 3.05) is 6.54 Å². The number of halogens is 1. The van der Waals surface area contributed by atoms with E-state index in [0.717, 1.165) is 8.66 Å². The number of thiophene rings is 1. The average molecular weight is 263 g/mol. The second kappa shape index (κ2) is 4.74. The van der Waals surface area contributed by atoms with Crippen molar-refractivity contribution in [1.82, 2.24) is 5.32 Å². The lowest BCUT2D eigenvalue weighted by Crippen LogP contribution is -2.31. The summed E-state index contributed by atoms with van der Waals surface area (Å²) in [4.78, 5) is 12.1. The maximum absolute atomic E-state index is 11.0. The first-order valence-electron chi connectivity index (χ1n) is 3.88. The van der Waals surface area contributed by atoms with Crippen molar-refractivity contribution in [1.29, 1.82) is 0 Å². The van der Waals surface area contributed by atoms with E-state index in [4.69, 9.17) is 5.73 Å². The molecule has 0 aliphatic heterocycles. The van der Waals surface area contributed by atoms with Gasteiger partial charge in [-0.2, -0.15) is 0 Å². The van der Waals surface area contributed by atoms with Gasteiger partial charge < -0.3 is 11.1 Å². The molecule has 1 rings (SSSR count). The molecular weight excluding hydrogens is 252 g/mol. The predicted octanol–water partition coefficient (Wildman–Crippen LogP) is 1.65. The zero-order valence-electron chi connectivity index (χ0n) is 7.21. The molecule has 0 bridgehead atoms. The molecule has 1 heterocycles. The predicted molar refractivity (Wildman–Crippen MR) is 57.6 cm³/mol. The Morgan fingerprint density at radius 1 is 1.77 bits per heavy atom. The summed E-state index contributed by atoms with van der Waals surface area (Å²) in [7, 11) is 0. The van der Waals surface area contributed by atoms with Crippen molar-refractivity contribution in [3.8, 4) is 0 Å². The molecule has 0 radical (unpaired) electrons. The number of hydrogen-bond acceptors (Lipinski definition) is 3. The number of nitrogens with two attached hydrogens (primary N) is 1. The first kappa shape index (κ1) is 10.7. The Kier molecular flexibility index (Phi) is 3.90. The van der Waals surface area contributed by atoms with E-state index in [1.165, 1.54) is 0 Å². The van der Waals surface area contributed by atoms with Gasteiger partial charge in [-0.05, 0) is 35.0 Å². The lowest BCUT2D eigenvalue weighted by atomic mass is 10.3. The third-order valence-electron chi connectivity index (χ3n) is 1.58. The highest BCUT2D eigenvalue weighted by atomic mass is 79.9. The van der Waals surface area contributed by atoms with Crippen molar-refractivity contribution in [3.63, 3.8) is 0 Å². The van der Waals surface area contributed by atoms with E-state index < -0.39 is 0 Å². The molecule has 0 fully saturated rings. The molecule has 1 unspecified atom stereocenters. The Hall–Kier alpha value is -0.390. The van der Waals surface area contributed by atoms with E-state index in [0.29, 0.717) is 0 Å². The lowest BCUT2D eigenvalue weighted by molar-refractivity contribution is -0.120. The van der Waals surface area contributed by atoms with Gasteiger partial charge in [-0.25, -0.2) is 0 Å². The summed E-state index contributed by atoms with van der Waals surface area (Å²) < 4.78 is 1.07. The highest BCUT2D eigenvalue weighted by molar-refractivity contribution is 9.11. The fraction of sp³-hybridized carbons (Fsp3) is 0.375. The number of amides is 1. The summed E-state index contributed by atoms with van der Waals surface area (Å²) in [6, 6.07) is 3.98. The van der Waals surface area contributed by atoms with Gasteiger partial charge in [0.05, 0.1) is 16.4 Å².